The van der Waals surface area contributed by atoms with E-state index in [9.17, 15) is 24.9 Å². The standard InChI is InChI=1S/C28H44O8/c1-7-9-22(31)34-21(8-2)26(32)36-27(6)13-12-20(30)17(4)14-28(33)24-16(3)10-11-19(18(5)15-29)23(24)25(27)35-28/h18-21,23-25,29-30,33H,3-4,7-15H2,1-2,5-6H3/t18-,19+,20-,21-,23+,24-,25+,27+,28+/m0/s1. The molecule has 1 aliphatic carbocycles. The molecule has 0 amide bonds. The molecule has 1 saturated carbocycles. The molecule has 3 N–H and O–H groups in total. The molecule has 2 bridgehead atoms. The molecule has 0 radical (unpaired) electrons. The normalized spacial score (nSPS) is 38.2. The Hall–Kier alpha value is -1.74. The number of hydrogen-bond acceptors (Lipinski definition) is 8. The number of carbonyl (C=O) groups excluding carboxylic acids is 2. The summed E-state index contributed by atoms with van der Waals surface area (Å²) in [7, 11) is 0. The molecule has 2 aliphatic heterocycles. The molecule has 0 spiro atoms. The van der Waals surface area contributed by atoms with Crippen molar-refractivity contribution in [1.29, 1.82) is 0 Å². The van der Waals surface area contributed by atoms with Crippen LogP contribution in [0.25, 0.3) is 0 Å². The maximum atomic E-state index is 13.3. The van der Waals surface area contributed by atoms with Gasteiger partial charge < -0.3 is 29.5 Å². The SMILES string of the molecule is C=C1C[C@@]2(O)O[C@H]([C@@H]3[C@@H]([C@@H](C)CO)CCC(=C)[C@@H]32)[C@](C)(OC(=O)[C@H](CC)OC(=O)CCC)CC[C@@H]1O. The van der Waals surface area contributed by atoms with Crippen LogP contribution in [0.2, 0.25) is 0 Å². The Morgan fingerprint density at radius 2 is 1.92 bits per heavy atom. The van der Waals surface area contributed by atoms with Crippen LogP contribution in [-0.4, -0.2) is 63.6 Å². The van der Waals surface area contributed by atoms with Crippen LogP contribution in [0.1, 0.15) is 79.1 Å². The number of esters is 2. The first-order valence-electron chi connectivity index (χ1n) is 13.4. The molecule has 0 unspecified atom stereocenters. The summed E-state index contributed by atoms with van der Waals surface area (Å²) in [6.45, 7) is 15.6. The lowest BCUT2D eigenvalue weighted by molar-refractivity contribution is -0.241. The maximum Gasteiger partial charge on any atom is 0.348 e. The van der Waals surface area contributed by atoms with Gasteiger partial charge in [-0.05, 0) is 62.9 Å². The third kappa shape index (κ3) is 5.57. The summed E-state index contributed by atoms with van der Waals surface area (Å²) >= 11 is 0. The summed E-state index contributed by atoms with van der Waals surface area (Å²) in [4.78, 5) is 25.4. The van der Waals surface area contributed by atoms with Gasteiger partial charge in [-0.2, -0.15) is 0 Å². The molecule has 0 aromatic rings. The number of fused-ring (bicyclic) bond motifs is 5. The van der Waals surface area contributed by atoms with E-state index in [-0.39, 0.29) is 56.5 Å². The van der Waals surface area contributed by atoms with Gasteiger partial charge in [0.1, 0.15) is 11.7 Å². The number of aliphatic hydroxyl groups excluding tert-OH is 2. The van der Waals surface area contributed by atoms with Gasteiger partial charge in [0.25, 0.3) is 0 Å². The van der Waals surface area contributed by atoms with Gasteiger partial charge in [0.2, 0.25) is 0 Å². The third-order valence-corrected chi connectivity index (χ3v) is 8.47. The van der Waals surface area contributed by atoms with Crippen molar-refractivity contribution in [3.8, 4) is 0 Å². The Kier molecular flexibility index (Phi) is 9.08. The molecule has 3 rings (SSSR count). The predicted octanol–water partition coefficient (Wildman–Crippen LogP) is 3.43. The van der Waals surface area contributed by atoms with Crippen molar-refractivity contribution < 1.29 is 39.1 Å². The second-order valence-corrected chi connectivity index (χ2v) is 11.2. The van der Waals surface area contributed by atoms with E-state index in [4.69, 9.17) is 14.2 Å². The third-order valence-electron chi connectivity index (χ3n) is 8.47. The van der Waals surface area contributed by atoms with E-state index in [0.717, 1.165) is 12.0 Å². The minimum atomic E-state index is -1.66. The molecule has 36 heavy (non-hydrogen) atoms. The van der Waals surface area contributed by atoms with E-state index in [0.29, 0.717) is 18.4 Å². The van der Waals surface area contributed by atoms with E-state index in [2.05, 4.69) is 13.2 Å². The van der Waals surface area contributed by atoms with Crippen LogP contribution in [0.15, 0.2) is 24.3 Å². The molecular weight excluding hydrogens is 464 g/mol. The molecule has 2 saturated heterocycles. The zero-order valence-electron chi connectivity index (χ0n) is 22.2. The molecule has 0 aromatic heterocycles. The zero-order valence-corrected chi connectivity index (χ0v) is 22.2. The van der Waals surface area contributed by atoms with Gasteiger partial charge in [0.05, 0.1) is 6.10 Å². The van der Waals surface area contributed by atoms with Gasteiger partial charge >= 0.3 is 11.9 Å². The highest BCUT2D eigenvalue weighted by Gasteiger charge is 2.64. The number of carbonyl (C=O) groups is 2. The molecule has 8 heteroatoms. The Balaban J connectivity index is 2.02. The number of hydrogen-bond donors (Lipinski definition) is 3. The maximum absolute atomic E-state index is 13.3. The molecular formula is C28H44O8. The van der Waals surface area contributed by atoms with Crippen LogP contribution >= 0.6 is 0 Å². The number of rotatable bonds is 8. The van der Waals surface area contributed by atoms with Crippen molar-refractivity contribution in [3.05, 3.63) is 24.3 Å². The summed E-state index contributed by atoms with van der Waals surface area (Å²) in [5, 5.41) is 32.6. The van der Waals surface area contributed by atoms with Crippen molar-refractivity contribution in [2.24, 2.45) is 23.7 Å². The average molecular weight is 509 g/mol. The highest BCUT2D eigenvalue weighted by molar-refractivity contribution is 5.79. The monoisotopic (exact) mass is 508 g/mol. The van der Waals surface area contributed by atoms with E-state index >= 15 is 0 Å². The number of aliphatic hydroxyl groups is 3. The summed E-state index contributed by atoms with van der Waals surface area (Å²) in [5.41, 5.74) is 0.0755. The minimum Gasteiger partial charge on any atom is -0.454 e. The smallest absolute Gasteiger partial charge is 0.348 e. The highest BCUT2D eigenvalue weighted by atomic mass is 16.7. The van der Waals surface area contributed by atoms with Crippen LogP contribution in [0.4, 0.5) is 0 Å². The van der Waals surface area contributed by atoms with Crippen molar-refractivity contribution in [3.63, 3.8) is 0 Å². The van der Waals surface area contributed by atoms with Gasteiger partial charge in [0, 0.05) is 31.3 Å². The summed E-state index contributed by atoms with van der Waals surface area (Å²) in [6.07, 6.45) is 0.431. The van der Waals surface area contributed by atoms with Crippen LogP contribution in [-0.2, 0) is 23.8 Å². The van der Waals surface area contributed by atoms with Gasteiger partial charge in [-0.1, -0.05) is 39.5 Å². The van der Waals surface area contributed by atoms with E-state index in [1.165, 1.54) is 0 Å². The van der Waals surface area contributed by atoms with E-state index in [1.807, 2.05) is 13.8 Å². The lowest BCUT2D eigenvalue weighted by atomic mass is 9.60. The molecule has 204 valence electrons. The highest BCUT2D eigenvalue weighted by Crippen LogP contribution is 2.58. The summed E-state index contributed by atoms with van der Waals surface area (Å²) in [6, 6.07) is 0. The van der Waals surface area contributed by atoms with Gasteiger partial charge in [-0.25, -0.2) is 4.79 Å². The van der Waals surface area contributed by atoms with E-state index in [1.54, 1.807) is 13.8 Å². The predicted molar refractivity (Wildman–Crippen MR) is 133 cm³/mol. The first-order chi connectivity index (χ1) is 16.9. The fourth-order valence-electron chi connectivity index (χ4n) is 6.43. The summed E-state index contributed by atoms with van der Waals surface area (Å²) < 4.78 is 18.0. The number of ether oxygens (including phenoxy) is 3. The molecule has 2 heterocycles. The molecule has 9 atom stereocenters. The first kappa shape index (κ1) is 28.8. The van der Waals surface area contributed by atoms with Crippen molar-refractivity contribution in [2.75, 3.05) is 6.61 Å². The van der Waals surface area contributed by atoms with Gasteiger partial charge in [-0.15, -0.1) is 0 Å². The van der Waals surface area contributed by atoms with E-state index < -0.39 is 47.6 Å². The Morgan fingerprint density at radius 1 is 1.22 bits per heavy atom. The largest absolute Gasteiger partial charge is 0.454 e. The van der Waals surface area contributed by atoms with Crippen LogP contribution < -0.4 is 0 Å². The molecule has 3 aliphatic rings. The quantitative estimate of drug-likeness (QED) is 0.337. The topological polar surface area (TPSA) is 123 Å². The fraction of sp³-hybridized carbons (Fsp3) is 0.786. The molecule has 3 fully saturated rings. The molecule has 8 nitrogen and oxygen atoms in total. The second kappa shape index (κ2) is 11.3. The van der Waals surface area contributed by atoms with Gasteiger partial charge in [0.15, 0.2) is 11.9 Å². The molecule has 0 aromatic carbocycles. The fourth-order valence-corrected chi connectivity index (χ4v) is 6.43. The van der Waals surface area contributed by atoms with Crippen molar-refractivity contribution in [1.82, 2.24) is 0 Å². The lowest BCUT2D eigenvalue weighted by Crippen LogP contribution is -2.52. The minimum absolute atomic E-state index is 0.00419. The summed E-state index contributed by atoms with van der Waals surface area (Å²) in [5.74, 6) is -3.57. The average Bonchev–Trinajstić information content (AvgIpc) is 3.15. The Labute approximate surface area is 214 Å². The Morgan fingerprint density at radius 3 is 2.53 bits per heavy atom. The van der Waals surface area contributed by atoms with Crippen LogP contribution in [0.5, 0.6) is 0 Å². The van der Waals surface area contributed by atoms with Crippen LogP contribution in [0.3, 0.4) is 0 Å². The van der Waals surface area contributed by atoms with Crippen LogP contribution in [0, 0.1) is 23.7 Å². The lowest BCUT2D eigenvalue weighted by Gasteiger charge is -2.45. The van der Waals surface area contributed by atoms with Gasteiger partial charge in [-0.3, -0.25) is 4.79 Å². The Bertz CT molecular complexity index is 854. The second-order valence-electron chi connectivity index (χ2n) is 11.2. The van der Waals surface area contributed by atoms with Crippen molar-refractivity contribution in [2.45, 2.75) is 109 Å². The zero-order chi connectivity index (χ0) is 26.8. The van der Waals surface area contributed by atoms with Crippen molar-refractivity contribution >= 4 is 11.9 Å². The first-order valence-corrected chi connectivity index (χ1v) is 13.4.